The summed E-state index contributed by atoms with van der Waals surface area (Å²) in [5.74, 6) is 0.0568. The average molecular weight is 376 g/mol. The summed E-state index contributed by atoms with van der Waals surface area (Å²) in [5.41, 5.74) is 1.50. The molecule has 1 fully saturated rings. The lowest BCUT2D eigenvalue weighted by molar-refractivity contribution is -0.158. The number of aliphatic carboxylic acids is 1. The van der Waals surface area contributed by atoms with Crippen molar-refractivity contribution >= 4 is 23.2 Å². The van der Waals surface area contributed by atoms with Gasteiger partial charge < -0.3 is 24.2 Å². The molecule has 0 spiro atoms. The van der Waals surface area contributed by atoms with Crippen LogP contribution in [0.3, 0.4) is 0 Å². The minimum absolute atomic E-state index is 0.0145. The quantitative estimate of drug-likeness (QED) is 0.861. The van der Waals surface area contributed by atoms with E-state index in [0.717, 1.165) is 10.6 Å². The number of morpholine rings is 1. The molecule has 2 aliphatic rings. The van der Waals surface area contributed by atoms with Crippen LogP contribution in [0, 0.1) is 0 Å². The van der Waals surface area contributed by atoms with E-state index in [1.165, 1.54) is 16.2 Å². The summed E-state index contributed by atoms with van der Waals surface area (Å²) in [5, 5.41) is 11.8. The van der Waals surface area contributed by atoms with Crippen molar-refractivity contribution in [1.29, 1.82) is 0 Å². The highest BCUT2D eigenvalue weighted by atomic mass is 32.1. The average Bonchev–Trinajstić information content (AvgIpc) is 3.30. The summed E-state index contributed by atoms with van der Waals surface area (Å²) in [6.07, 6.45) is 0.0603. The predicted molar refractivity (Wildman–Crippen MR) is 91.3 cm³/mol. The Balaban J connectivity index is 1.48. The maximum absolute atomic E-state index is 12.5. The van der Waals surface area contributed by atoms with E-state index in [1.807, 2.05) is 23.6 Å². The SMILES string of the molecule is O=C(O)[C@@H]1COCCN1C(=O)Cc1csc(-c2ccc3c(c2)OCO3)n1. The lowest BCUT2D eigenvalue weighted by Crippen LogP contribution is -2.53. The Morgan fingerprint density at radius 2 is 2.15 bits per heavy atom. The molecule has 1 N–H and O–H groups in total. The summed E-state index contributed by atoms with van der Waals surface area (Å²) < 4.78 is 15.8. The first-order chi connectivity index (χ1) is 12.6. The molecule has 1 saturated heterocycles. The summed E-state index contributed by atoms with van der Waals surface area (Å²) in [4.78, 5) is 29.7. The van der Waals surface area contributed by atoms with Gasteiger partial charge in [-0.3, -0.25) is 4.79 Å². The molecule has 0 radical (unpaired) electrons. The van der Waals surface area contributed by atoms with Gasteiger partial charge in [-0.05, 0) is 18.2 Å². The summed E-state index contributed by atoms with van der Waals surface area (Å²) in [7, 11) is 0. The number of hydrogen-bond donors (Lipinski definition) is 1. The molecule has 0 saturated carbocycles. The zero-order valence-corrected chi connectivity index (χ0v) is 14.5. The Morgan fingerprint density at radius 1 is 1.31 bits per heavy atom. The second-order valence-corrected chi connectivity index (χ2v) is 6.76. The number of aromatic nitrogens is 1. The third-order valence-corrected chi connectivity index (χ3v) is 5.18. The van der Waals surface area contributed by atoms with E-state index >= 15 is 0 Å². The lowest BCUT2D eigenvalue weighted by atomic mass is 10.2. The number of carbonyl (C=O) groups excluding carboxylic acids is 1. The Morgan fingerprint density at radius 3 is 3.00 bits per heavy atom. The summed E-state index contributed by atoms with van der Waals surface area (Å²) in [6, 6.07) is 4.63. The van der Waals surface area contributed by atoms with Crippen molar-refractivity contribution in [3.8, 4) is 22.1 Å². The van der Waals surface area contributed by atoms with Gasteiger partial charge in [0.25, 0.3) is 0 Å². The first kappa shape index (κ1) is 16.8. The van der Waals surface area contributed by atoms with Crippen molar-refractivity contribution < 1.29 is 28.9 Å². The van der Waals surface area contributed by atoms with Crippen LogP contribution in [0.5, 0.6) is 11.5 Å². The third-order valence-electron chi connectivity index (χ3n) is 4.24. The van der Waals surface area contributed by atoms with E-state index in [2.05, 4.69) is 4.98 Å². The van der Waals surface area contributed by atoms with Crippen molar-refractivity contribution in [2.24, 2.45) is 0 Å². The van der Waals surface area contributed by atoms with E-state index in [1.54, 1.807) is 0 Å². The van der Waals surface area contributed by atoms with Crippen molar-refractivity contribution in [2.45, 2.75) is 12.5 Å². The van der Waals surface area contributed by atoms with Crippen molar-refractivity contribution in [3.05, 3.63) is 29.3 Å². The minimum Gasteiger partial charge on any atom is -0.480 e. The van der Waals surface area contributed by atoms with E-state index in [0.29, 0.717) is 23.8 Å². The second-order valence-electron chi connectivity index (χ2n) is 5.90. The van der Waals surface area contributed by atoms with Crippen LogP contribution in [0.1, 0.15) is 5.69 Å². The molecule has 2 aliphatic heterocycles. The summed E-state index contributed by atoms with van der Waals surface area (Å²) >= 11 is 1.42. The number of rotatable bonds is 4. The minimum atomic E-state index is -1.06. The smallest absolute Gasteiger partial charge is 0.328 e. The maximum atomic E-state index is 12.5. The standard InChI is InChI=1S/C17H16N2O6S/c20-15(19-3-4-23-7-12(19)17(21)22)6-11-8-26-16(18-11)10-1-2-13-14(5-10)25-9-24-13/h1-2,5,8,12H,3-4,6-7,9H2,(H,21,22)/t12-/m0/s1. The number of ether oxygens (including phenoxy) is 3. The van der Waals surface area contributed by atoms with Crippen LogP contribution < -0.4 is 9.47 Å². The molecule has 1 aromatic heterocycles. The van der Waals surface area contributed by atoms with Gasteiger partial charge in [0.15, 0.2) is 17.5 Å². The molecule has 3 heterocycles. The Labute approximate surface area is 152 Å². The molecular weight excluding hydrogens is 360 g/mol. The first-order valence-electron chi connectivity index (χ1n) is 8.06. The lowest BCUT2D eigenvalue weighted by Gasteiger charge is -2.32. The van der Waals surface area contributed by atoms with E-state index in [-0.39, 0.29) is 32.3 Å². The highest BCUT2D eigenvalue weighted by molar-refractivity contribution is 7.13. The van der Waals surface area contributed by atoms with Gasteiger partial charge in [-0.1, -0.05) is 0 Å². The number of hydrogen-bond acceptors (Lipinski definition) is 7. The molecule has 0 bridgehead atoms. The predicted octanol–water partition coefficient (Wildman–Crippen LogP) is 1.39. The number of carbonyl (C=O) groups is 2. The maximum Gasteiger partial charge on any atom is 0.328 e. The number of nitrogens with zero attached hydrogens (tertiary/aromatic N) is 2. The number of benzene rings is 1. The van der Waals surface area contributed by atoms with E-state index in [4.69, 9.17) is 14.2 Å². The van der Waals surface area contributed by atoms with Crippen LogP contribution in [0.25, 0.3) is 10.6 Å². The van der Waals surface area contributed by atoms with Crippen molar-refractivity contribution in [1.82, 2.24) is 9.88 Å². The second kappa shape index (κ2) is 6.93. The van der Waals surface area contributed by atoms with Crippen LogP contribution in [0.15, 0.2) is 23.6 Å². The van der Waals surface area contributed by atoms with Gasteiger partial charge in [0.05, 0.1) is 25.3 Å². The normalized spacial score (nSPS) is 18.8. The van der Waals surface area contributed by atoms with Crippen LogP contribution in [0.2, 0.25) is 0 Å². The molecule has 26 heavy (non-hydrogen) atoms. The first-order valence-corrected chi connectivity index (χ1v) is 8.94. The van der Waals surface area contributed by atoms with Gasteiger partial charge in [0.2, 0.25) is 12.7 Å². The van der Waals surface area contributed by atoms with Crippen molar-refractivity contribution in [3.63, 3.8) is 0 Å². The van der Waals surface area contributed by atoms with Crippen LogP contribution in [-0.2, 0) is 20.7 Å². The molecule has 1 amide bonds. The highest BCUT2D eigenvalue weighted by Crippen LogP contribution is 2.36. The molecule has 9 heteroatoms. The number of carboxylic acid groups (broad SMARTS) is 1. The number of carboxylic acids is 1. The van der Waals surface area contributed by atoms with E-state index in [9.17, 15) is 14.7 Å². The number of amides is 1. The third kappa shape index (κ3) is 3.23. The molecule has 0 aliphatic carbocycles. The Kier molecular flexibility index (Phi) is 4.48. The van der Waals surface area contributed by atoms with Gasteiger partial charge in [-0.25, -0.2) is 9.78 Å². The summed E-state index contributed by atoms with van der Waals surface area (Å²) in [6.45, 7) is 0.839. The molecule has 1 atom stereocenters. The van der Waals surface area contributed by atoms with Crippen LogP contribution >= 0.6 is 11.3 Å². The molecule has 1 aromatic carbocycles. The van der Waals surface area contributed by atoms with Gasteiger partial charge >= 0.3 is 5.97 Å². The monoisotopic (exact) mass is 376 g/mol. The fourth-order valence-corrected chi connectivity index (χ4v) is 3.73. The Hall–Kier alpha value is -2.65. The molecule has 8 nitrogen and oxygen atoms in total. The van der Waals surface area contributed by atoms with Gasteiger partial charge in [-0.15, -0.1) is 11.3 Å². The molecular formula is C17H16N2O6S. The molecule has 136 valence electrons. The largest absolute Gasteiger partial charge is 0.480 e. The fourth-order valence-electron chi connectivity index (χ4n) is 2.91. The van der Waals surface area contributed by atoms with Crippen molar-refractivity contribution in [2.75, 3.05) is 26.6 Å². The topological polar surface area (TPSA) is 98.2 Å². The van der Waals surface area contributed by atoms with Gasteiger partial charge in [-0.2, -0.15) is 0 Å². The zero-order valence-electron chi connectivity index (χ0n) is 13.7. The molecule has 4 rings (SSSR count). The molecule has 2 aromatic rings. The fraction of sp³-hybridized carbons (Fsp3) is 0.353. The number of fused-ring (bicyclic) bond motifs is 1. The van der Waals surface area contributed by atoms with E-state index < -0.39 is 12.0 Å². The molecule has 0 unspecified atom stereocenters. The van der Waals surface area contributed by atoms with Crippen LogP contribution in [-0.4, -0.2) is 59.5 Å². The van der Waals surface area contributed by atoms with Gasteiger partial charge in [0.1, 0.15) is 5.01 Å². The zero-order chi connectivity index (χ0) is 18.1. The van der Waals surface area contributed by atoms with Crippen LogP contribution in [0.4, 0.5) is 0 Å². The highest BCUT2D eigenvalue weighted by Gasteiger charge is 2.32. The Bertz CT molecular complexity index is 852. The number of thiazole rings is 1. The van der Waals surface area contributed by atoms with Gasteiger partial charge in [0, 0.05) is 17.5 Å².